The molecule has 0 heterocycles. The van der Waals surface area contributed by atoms with Crippen LogP contribution in [0.25, 0.3) is 61.5 Å². The molecule has 6 aromatic rings. The van der Waals surface area contributed by atoms with Crippen molar-refractivity contribution in [3.05, 3.63) is 161 Å². The van der Waals surface area contributed by atoms with Crippen molar-refractivity contribution < 1.29 is 0 Å². The first-order valence-corrected chi connectivity index (χ1v) is 15.0. The van der Waals surface area contributed by atoms with Crippen molar-refractivity contribution in [1.29, 1.82) is 0 Å². The van der Waals surface area contributed by atoms with Crippen LogP contribution in [0.2, 0.25) is 0 Å². The predicted molar refractivity (Wildman–Crippen MR) is 183 cm³/mol. The standard InChI is InChI=1S/C42H34/c1-2-31(20-14-18-30-16-4-3-5-17-30)33-22-8-9-24-35(33)41-37-25-10-12-27-39(37)42(40-28-13-11-26-38(40)41)36-29-15-21-32-19-6-7-23-34(32)36/h2-10,12,14-17,19-29H,11,13,18H2,1H3/b20-14-,31-2+. The Balaban J connectivity index is 1.47. The fourth-order valence-corrected chi connectivity index (χ4v) is 6.61. The highest BCUT2D eigenvalue weighted by atomic mass is 14.2. The molecule has 0 spiro atoms. The van der Waals surface area contributed by atoms with E-state index < -0.39 is 0 Å². The lowest BCUT2D eigenvalue weighted by Crippen LogP contribution is -2.31. The van der Waals surface area contributed by atoms with Gasteiger partial charge in [0.05, 0.1) is 0 Å². The molecule has 0 radical (unpaired) electrons. The molecule has 0 nitrogen and oxygen atoms in total. The Labute approximate surface area is 248 Å². The number of allylic oxidation sites excluding steroid dienone is 4. The third-order valence-electron chi connectivity index (χ3n) is 8.53. The van der Waals surface area contributed by atoms with Crippen LogP contribution in [-0.4, -0.2) is 0 Å². The molecule has 0 heteroatoms. The summed E-state index contributed by atoms with van der Waals surface area (Å²) in [6, 6.07) is 44.1. The molecule has 0 bridgehead atoms. The largest absolute Gasteiger partial charge is 0.0798 e. The molecule has 0 aliphatic heterocycles. The van der Waals surface area contributed by atoms with Gasteiger partial charge in [-0.2, -0.15) is 0 Å². The first kappa shape index (κ1) is 26.0. The van der Waals surface area contributed by atoms with E-state index in [1.54, 1.807) is 0 Å². The second-order valence-electron chi connectivity index (χ2n) is 11.0. The SMILES string of the molecule is C/C=C(\C=C/Cc1ccccc1)c1ccccc1-c1c2c(c(-c3cccc4ccccc34)c3ccccc13)=CCCC=2. The second-order valence-corrected chi connectivity index (χ2v) is 11.0. The van der Waals surface area contributed by atoms with Gasteiger partial charge in [0.2, 0.25) is 0 Å². The van der Waals surface area contributed by atoms with Crippen LogP contribution in [0.3, 0.4) is 0 Å². The molecular formula is C42H34. The van der Waals surface area contributed by atoms with Crippen molar-refractivity contribution in [3.8, 4) is 22.3 Å². The third kappa shape index (κ3) is 4.70. The van der Waals surface area contributed by atoms with Crippen molar-refractivity contribution in [2.24, 2.45) is 0 Å². The lowest BCUT2D eigenvalue weighted by atomic mass is 9.83. The van der Waals surface area contributed by atoms with E-state index >= 15 is 0 Å². The topological polar surface area (TPSA) is 0 Å². The summed E-state index contributed by atoms with van der Waals surface area (Å²) in [5, 5.41) is 7.93. The average Bonchev–Trinajstić information content (AvgIpc) is 3.06. The van der Waals surface area contributed by atoms with Crippen LogP contribution in [0.15, 0.2) is 140 Å². The highest BCUT2D eigenvalue weighted by molar-refractivity contribution is 6.11. The zero-order chi connectivity index (χ0) is 28.3. The molecule has 0 unspecified atom stereocenters. The molecule has 0 aromatic heterocycles. The number of rotatable bonds is 6. The molecule has 0 atom stereocenters. The molecule has 1 aliphatic rings. The summed E-state index contributed by atoms with van der Waals surface area (Å²) >= 11 is 0. The molecule has 1 aliphatic carbocycles. The van der Waals surface area contributed by atoms with Crippen LogP contribution >= 0.6 is 0 Å². The Morgan fingerprint density at radius 3 is 1.88 bits per heavy atom. The van der Waals surface area contributed by atoms with Gasteiger partial charge in [0.25, 0.3) is 0 Å². The minimum absolute atomic E-state index is 0.918. The van der Waals surface area contributed by atoms with Crippen LogP contribution in [0.4, 0.5) is 0 Å². The Kier molecular flexibility index (Phi) is 7.12. The van der Waals surface area contributed by atoms with Gasteiger partial charge >= 0.3 is 0 Å². The third-order valence-corrected chi connectivity index (χ3v) is 8.53. The molecule has 0 fully saturated rings. The van der Waals surface area contributed by atoms with Crippen molar-refractivity contribution in [2.45, 2.75) is 26.2 Å². The minimum atomic E-state index is 0.918. The van der Waals surface area contributed by atoms with E-state index in [0.717, 1.165) is 19.3 Å². The predicted octanol–water partition coefficient (Wildman–Crippen LogP) is 9.88. The van der Waals surface area contributed by atoms with Crippen LogP contribution < -0.4 is 10.4 Å². The Morgan fingerprint density at radius 2 is 1.14 bits per heavy atom. The van der Waals surface area contributed by atoms with Crippen molar-refractivity contribution in [3.63, 3.8) is 0 Å². The van der Waals surface area contributed by atoms with Gasteiger partial charge < -0.3 is 0 Å². The number of benzene rings is 6. The van der Waals surface area contributed by atoms with E-state index in [-0.39, 0.29) is 0 Å². The van der Waals surface area contributed by atoms with E-state index in [1.807, 2.05) is 0 Å². The Hall–Kier alpha value is -4.94. The molecule has 7 rings (SSSR count). The Morgan fingerprint density at radius 1 is 0.571 bits per heavy atom. The first-order valence-electron chi connectivity index (χ1n) is 15.0. The van der Waals surface area contributed by atoms with E-state index in [9.17, 15) is 0 Å². The van der Waals surface area contributed by atoms with Gasteiger partial charge in [0.1, 0.15) is 0 Å². The fraction of sp³-hybridized carbons (Fsp3) is 0.0952. The van der Waals surface area contributed by atoms with Gasteiger partial charge in [0, 0.05) is 0 Å². The van der Waals surface area contributed by atoms with E-state index in [4.69, 9.17) is 0 Å². The monoisotopic (exact) mass is 538 g/mol. The molecular weight excluding hydrogens is 504 g/mol. The fourth-order valence-electron chi connectivity index (χ4n) is 6.61. The summed E-state index contributed by atoms with van der Waals surface area (Å²) in [7, 11) is 0. The maximum Gasteiger partial charge on any atom is -0.00235 e. The molecule has 0 amide bonds. The molecule has 202 valence electrons. The molecule has 42 heavy (non-hydrogen) atoms. The average molecular weight is 539 g/mol. The van der Waals surface area contributed by atoms with Crippen molar-refractivity contribution in [2.75, 3.05) is 0 Å². The zero-order valence-corrected chi connectivity index (χ0v) is 24.1. The Bertz CT molecular complexity index is 2100. The molecule has 0 N–H and O–H groups in total. The van der Waals surface area contributed by atoms with Crippen LogP contribution in [0, 0.1) is 0 Å². The number of hydrogen-bond acceptors (Lipinski definition) is 0. The van der Waals surface area contributed by atoms with Crippen LogP contribution in [-0.2, 0) is 6.42 Å². The van der Waals surface area contributed by atoms with Crippen LogP contribution in [0.5, 0.6) is 0 Å². The summed E-state index contributed by atoms with van der Waals surface area (Å²) in [6.45, 7) is 2.15. The molecule has 0 saturated heterocycles. The molecule has 6 aromatic carbocycles. The minimum Gasteiger partial charge on any atom is -0.0798 e. The summed E-state index contributed by atoms with van der Waals surface area (Å²) in [5.41, 5.74) is 9.14. The maximum absolute atomic E-state index is 2.48. The summed E-state index contributed by atoms with van der Waals surface area (Å²) < 4.78 is 0. The van der Waals surface area contributed by atoms with E-state index in [0.29, 0.717) is 0 Å². The highest BCUT2D eigenvalue weighted by Gasteiger charge is 2.19. The van der Waals surface area contributed by atoms with E-state index in [2.05, 4.69) is 159 Å². The maximum atomic E-state index is 2.48. The van der Waals surface area contributed by atoms with Gasteiger partial charge in [-0.1, -0.05) is 152 Å². The van der Waals surface area contributed by atoms with Gasteiger partial charge in [-0.15, -0.1) is 0 Å². The summed E-state index contributed by atoms with van der Waals surface area (Å²) in [4.78, 5) is 0. The van der Waals surface area contributed by atoms with Crippen molar-refractivity contribution in [1.82, 2.24) is 0 Å². The van der Waals surface area contributed by atoms with Gasteiger partial charge in [0.15, 0.2) is 0 Å². The van der Waals surface area contributed by atoms with Crippen molar-refractivity contribution >= 4 is 39.3 Å². The zero-order valence-electron chi connectivity index (χ0n) is 24.1. The summed E-state index contributed by atoms with van der Waals surface area (Å²) in [5.74, 6) is 0. The van der Waals surface area contributed by atoms with Gasteiger partial charge in [-0.25, -0.2) is 0 Å². The van der Waals surface area contributed by atoms with Gasteiger partial charge in [-0.3, -0.25) is 0 Å². The number of fused-ring (bicyclic) bond motifs is 3. The number of hydrogen-bond donors (Lipinski definition) is 0. The normalized spacial score (nSPS) is 13.2. The molecule has 0 saturated carbocycles. The van der Waals surface area contributed by atoms with E-state index in [1.165, 1.54) is 70.9 Å². The summed E-state index contributed by atoms with van der Waals surface area (Å²) in [6.07, 6.45) is 14.8. The quantitative estimate of drug-likeness (QED) is 0.185. The van der Waals surface area contributed by atoms with Gasteiger partial charge in [-0.05, 0) is 97.1 Å². The highest BCUT2D eigenvalue weighted by Crippen LogP contribution is 2.37. The van der Waals surface area contributed by atoms with Crippen LogP contribution in [0.1, 0.15) is 30.9 Å². The smallest absolute Gasteiger partial charge is 0.00235 e. The first-order chi connectivity index (χ1) is 20.8. The lowest BCUT2D eigenvalue weighted by Gasteiger charge is -2.20. The second kappa shape index (κ2) is 11.5. The lowest BCUT2D eigenvalue weighted by molar-refractivity contribution is 1.12.